The summed E-state index contributed by atoms with van der Waals surface area (Å²) < 4.78 is 6.09. The molecule has 1 amide bonds. The quantitative estimate of drug-likeness (QED) is 0.324. The molecule has 0 unspecified atom stereocenters. The SMILES string of the molecule is CN=C(NCCC(=O)N1CCN(c2ccccc2)CC1)N1CCC(Oc2ccccc2)CC1.I. The van der Waals surface area contributed by atoms with Crippen molar-refractivity contribution in [3.63, 3.8) is 0 Å². The van der Waals surface area contributed by atoms with Crippen LogP contribution in [0.5, 0.6) is 5.75 Å². The van der Waals surface area contributed by atoms with Crippen molar-refractivity contribution in [3.05, 3.63) is 60.7 Å². The Balaban J connectivity index is 0.00000324. The summed E-state index contributed by atoms with van der Waals surface area (Å²) >= 11 is 0. The third-order valence-electron chi connectivity index (χ3n) is 6.37. The molecule has 0 radical (unpaired) electrons. The Morgan fingerprint density at radius 1 is 0.912 bits per heavy atom. The smallest absolute Gasteiger partial charge is 0.224 e. The fourth-order valence-corrected chi connectivity index (χ4v) is 4.50. The molecule has 0 spiro atoms. The number of hydrogen-bond donors (Lipinski definition) is 1. The maximum atomic E-state index is 12.7. The number of aliphatic imine (C=N–C) groups is 1. The second-order valence-corrected chi connectivity index (χ2v) is 8.54. The van der Waals surface area contributed by atoms with E-state index in [-0.39, 0.29) is 36.0 Å². The van der Waals surface area contributed by atoms with Crippen molar-refractivity contribution in [1.29, 1.82) is 0 Å². The number of piperazine rings is 1. The molecule has 2 aromatic carbocycles. The van der Waals surface area contributed by atoms with Crippen LogP contribution in [0.4, 0.5) is 5.69 Å². The normalized spacial score (nSPS) is 17.2. The molecule has 0 atom stereocenters. The van der Waals surface area contributed by atoms with Crippen molar-refractivity contribution in [2.45, 2.75) is 25.4 Å². The van der Waals surface area contributed by atoms with E-state index in [1.54, 1.807) is 7.05 Å². The number of likely N-dealkylation sites (tertiary alicyclic amines) is 1. The van der Waals surface area contributed by atoms with Crippen LogP contribution in [0, 0.1) is 0 Å². The predicted molar refractivity (Wildman–Crippen MR) is 148 cm³/mol. The molecule has 34 heavy (non-hydrogen) atoms. The van der Waals surface area contributed by atoms with E-state index < -0.39 is 0 Å². The van der Waals surface area contributed by atoms with Gasteiger partial charge in [-0.15, -0.1) is 24.0 Å². The number of hydrogen-bond acceptors (Lipinski definition) is 4. The van der Waals surface area contributed by atoms with Gasteiger partial charge in [0.1, 0.15) is 11.9 Å². The lowest BCUT2D eigenvalue weighted by Crippen LogP contribution is -2.50. The maximum absolute atomic E-state index is 12.7. The molecule has 2 aliphatic rings. The number of halogens is 1. The van der Waals surface area contributed by atoms with Crippen molar-refractivity contribution < 1.29 is 9.53 Å². The van der Waals surface area contributed by atoms with E-state index in [0.29, 0.717) is 13.0 Å². The van der Waals surface area contributed by atoms with Crippen LogP contribution >= 0.6 is 24.0 Å². The molecule has 4 rings (SSSR count). The standard InChI is InChI=1S/C26H35N5O2.HI/c1-27-26(31-16-13-24(14-17-31)33-23-10-6-3-7-11-23)28-15-12-25(32)30-20-18-29(19-21-30)22-8-4-2-5-9-22;/h2-11,24H,12-21H2,1H3,(H,27,28);1H. The molecule has 8 heteroatoms. The summed E-state index contributed by atoms with van der Waals surface area (Å²) in [7, 11) is 1.81. The molecule has 0 aromatic heterocycles. The van der Waals surface area contributed by atoms with Crippen LogP contribution in [0.1, 0.15) is 19.3 Å². The number of carbonyl (C=O) groups excluding carboxylic acids is 1. The molecule has 1 N–H and O–H groups in total. The number of benzene rings is 2. The Bertz CT molecular complexity index is 896. The largest absolute Gasteiger partial charge is 0.490 e. The van der Waals surface area contributed by atoms with Gasteiger partial charge in [-0.05, 0) is 24.3 Å². The van der Waals surface area contributed by atoms with Gasteiger partial charge in [-0.1, -0.05) is 36.4 Å². The Morgan fingerprint density at radius 3 is 2.15 bits per heavy atom. The second kappa shape index (κ2) is 13.4. The number of para-hydroxylation sites is 2. The number of nitrogens with zero attached hydrogens (tertiary/aromatic N) is 4. The number of carbonyl (C=O) groups is 1. The highest BCUT2D eigenvalue weighted by molar-refractivity contribution is 14.0. The van der Waals surface area contributed by atoms with Gasteiger partial charge >= 0.3 is 0 Å². The van der Waals surface area contributed by atoms with Crippen LogP contribution in [-0.4, -0.2) is 80.6 Å². The molecule has 0 aliphatic carbocycles. The lowest BCUT2D eigenvalue weighted by molar-refractivity contribution is -0.131. The van der Waals surface area contributed by atoms with Crippen LogP contribution < -0.4 is 15.0 Å². The topological polar surface area (TPSA) is 60.4 Å². The molecule has 2 aromatic rings. The zero-order valence-corrected chi connectivity index (χ0v) is 22.3. The zero-order chi connectivity index (χ0) is 22.9. The molecule has 2 heterocycles. The summed E-state index contributed by atoms with van der Waals surface area (Å²) in [6, 6.07) is 20.4. The fraction of sp³-hybridized carbons (Fsp3) is 0.462. The van der Waals surface area contributed by atoms with E-state index in [4.69, 9.17) is 4.74 Å². The molecular weight excluding hydrogens is 541 g/mol. The molecule has 184 valence electrons. The van der Waals surface area contributed by atoms with E-state index >= 15 is 0 Å². The minimum atomic E-state index is 0. The monoisotopic (exact) mass is 577 g/mol. The second-order valence-electron chi connectivity index (χ2n) is 8.54. The first-order chi connectivity index (χ1) is 16.2. The predicted octanol–water partition coefficient (Wildman–Crippen LogP) is 3.46. The highest BCUT2D eigenvalue weighted by atomic mass is 127. The summed E-state index contributed by atoms with van der Waals surface area (Å²) in [6.07, 6.45) is 2.64. The van der Waals surface area contributed by atoms with Crippen LogP contribution in [-0.2, 0) is 4.79 Å². The number of piperidine rings is 1. The van der Waals surface area contributed by atoms with E-state index in [1.807, 2.05) is 41.3 Å². The minimum absolute atomic E-state index is 0. The molecule has 7 nitrogen and oxygen atoms in total. The lowest BCUT2D eigenvalue weighted by Gasteiger charge is -2.36. The van der Waals surface area contributed by atoms with Gasteiger partial charge in [0.2, 0.25) is 5.91 Å². The summed E-state index contributed by atoms with van der Waals surface area (Å²) in [5.74, 6) is 2.01. The van der Waals surface area contributed by atoms with Crippen molar-refractivity contribution in [1.82, 2.24) is 15.1 Å². The first-order valence-corrected chi connectivity index (χ1v) is 12.0. The van der Waals surface area contributed by atoms with Gasteiger partial charge in [0.15, 0.2) is 5.96 Å². The summed E-state index contributed by atoms with van der Waals surface area (Å²) in [5.41, 5.74) is 1.23. The molecular formula is C26H36IN5O2. The van der Waals surface area contributed by atoms with Gasteiger partial charge in [-0.2, -0.15) is 0 Å². The van der Waals surface area contributed by atoms with Gasteiger partial charge < -0.3 is 24.8 Å². The van der Waals surface area contributed by atoms with Crippen LogP contribution in [0.15, 0.2) is 65.7 Å². The van der Waals surface area contributed by atoms with E-state index in [0.717, 1.165) is 63.8 Å². The van der Waals surface area contributed by atoms with Gasteiger partial charge in [0, 0.05) is 77.8 Å². The van der Waals surface area contributed by atoms with Crippen molar-refractivity contribution in [2.75, 3.05) is 57.8 Å². The maximum Gasteiger partial charge on any atom is 0.224 e. The first-order valence-electron chi connectivity index (χ1n) is 12.0. The molecule has 2 aliphatic heterocycles. The van der Waals surface area contributed by atoms with Gasteiger partial charge in [-0.25, -0.2) is 0 Å². The lowest BCUT2D eigenvalue weighted by atomic mass is 10.1. The number of amides is 1. The molecule has 2 saturated heterocycles. The third kappa shape index (κ3) is 7.25. The van der Waals surface area contributed by atoms with Gasteiger partial charge in [0.25, 0.3) is 0 Å². The number of anilines is 1. The van der Waals surface area contributed by atoms with Gasteiger partial charge in [0.05, 0.1) is 0 Å². The Hall–Kier alpha value is -2.49. The van der Waals surface area contributed by atoms with E-state index in [1.165, 1.54) is 5.69 Å². The van der Waals surface area contributed by atoms with E-state index in [2.05, 4.69) is 44.4 Å². The van der Waals surface area contributed by atoms with Crippen LogP contribution in [0.2, 0.25) is 0 Å². The average molecular weight is 578 g/mol. The molecule has 0 bridgehead atoms. The number of ether oxygens (including phenoxy) is 1. The summed E-state index contributed by atoms with van der Waals surface area (Å²) in [5, 5.41) is 3.39. The summed E-state index contributed by atoms with van der Waals surface area (Å²) in [6.45, 7) is 5.70. The molecule has 0 saturated carbocycles. The Labute approximate surface area is 220 Å². The van der Waals surface area contributed by atoms with E-state index in [9.17, 15) is 4.79 Å². The highest BCUT2D eigenvalue weighted by Crippen LogP contribution is 2.19. The van der Waals surface area contributed by atoms with Gasteiger partial charge in [-0.3, -0.25) is 9.79 Å². The zero-order valence-electron chi connectivity index (χ0n) is 19.9. The highest BCUT2D eigenvalue weighted by Gasteiger charge is 2.24. The number of rotatable bonds is 6. The van der Waals surface area contributed by atoms with Crippen LogP contribution in [0.25, 0.3) is 0 Å². The average Bonchev–Trinajstić information content (AvgIpc) is 2.88. The third-order valence-corrected chi connectivity index (χ3v) is 6.37. The Kier molecular flexibility index (Phi) is 10.3. The Morgan fingerprint density at radius 2 is 1.53 bits per heavy atom. The first kappa shape index (κ1) is 26.1. The van der Waals surface area contributed by atoms with Crippen LogP contribution in [0.3, 0.4) is 0 Å². The minimum Gasteiger partial charge on any atom is -0.490 e. The van der Waals surface area contributed by atoms with Crippen molar-refractivity contribution in [3.8, 4) is 5.75 Å². The molecule has 2 fully saturated rings. The number of nitrogens with one attached hydrogen (secondary N) is 1. The van der Waals surface area contributed by atoms with Crippen molar-refractivity contribution >= 4 is 41.5 Å². The van der Waals surface area contributed by atoms with Crippen molar-refractivity contribution in [2.24, 2.45) is 4.99 Å². The fourth-order valence-electron chi connectivity index (χ4n) is 4.50. The summed E-state index contributed by atoms with van der Waals surface area (Å²) in [4.78, 5) is 23.7. The number of guanidine groups is 1.